The highest BCUT2D eigenvalue weighted by atomic mass is 31.1. The summed E-state index contributed by atoms with van der Waals surface area (Å²) in [6, 6.07) is 17.1. The van der Waals surface area contributed by atoms with Gasteiger partial charge in [0, 0.05) is 6.42 Å². The van der Waals surface area contributed by atoms with Crippen LogP contribution < -0.4 is 20.1 Å². The first-order valence-electron chi connectivity index (χ1n) is 8.60. The van der Waals surface area contributed by atoms with Crippen LogP contribution in [0.25, 0.3) is 0 Å². The highest BCUT2D eigenvalue weighted by Gasteiger charge is 2.22. The summed E-state index contributed by atoms with van der Waals surface area (Å²) in [7, 11) is 2.97. The van der Waals surface area contributed by atoms with Gasteiger partial charge in [0.2, 0.25) is 0 Å². The summed E-state index contributed by atoms with van der Waals surface area (Å²) in [5, 5.41) is 4.34. The summed E-state index contributed by atoms with van der Waals surface area (Å²) in [6.45, 7) is 4.57. The summed E-state index contributed by atoms with van der Waals surface area (Å²) >= 11 is 0. The van der Waals surface area contributed by atoms with Gasteiger partial charge in [-0.15, -0.1) is 0 Å². The minimum absolute atomic E-state index is 0.458. The van der Waals surface area contributed by atoms with E-state index in [-0.39, 0.29) is 0 Å². The van der Waals surface area contributed by atoms with Gasteiger partial charge in [-0.05, 0) is 61.9 Å². The lowest BCUT2D eigenvalue weighted by molar-refractivity contribution is 0.415. The fourth-order valence-electron chi connectivity index (χ4n) is 2.80. The van der Waals surface area contributed by atoms with Gasteiger partial charge in [-0.3, -0.25) is 0 Å². The fourth-order valence-corrected chi connectivity index (χ4v) is 5.25. The van der Waals surface area contributed by atoms with E-state index in [1.54, 1.807) is 19.5 Å². The van der Waals surface area contributed by atoms with Gasteiger partial charge in [-0.1, -0.05) is 19.8 Å². The molecule has 0 saturated heterocycles. The number of unbranched alkanes of at least 4 members (excludes halogenated alkanes) is 2. The molecule has 0 aromatic heterocycles. The van der Waals surface area contributed by atoms with Gasteiger partial charge in [-0.2, -0.15) is 0 Å². The van der Waals surface area contributed by atoms with Crippen LogP contribution in [0.2, 0.25) is 0 Å². The number of methoxy groups -OCH3 is 2. The second kappa shape index (κ2) is 9.49. The first-order chi connectivity index (χ1) is 11.7. The SMILES string of the molecule is CCCCCC(C)=[P+](c1ccc(OC)cc1)c1ccc(OC)cc1. The van der Waals surface area contributed by atoms with Crippen molar-refractivity contribution in [1.29, 1.82) is 0 Å². The molecule has 0 aliphatic carbocycles. The molecule has 0 radical (unpaired) electrons. The number of ether oxygens (including phenoxy) is 2. The first kappa shape index (κ1) is 18.5. The van der Waals surface area contributed by atoms with E-state index in [9.17, 15) is 0 Å². The van der Waals surface area contributed by atoms with Gasteiger partial charge in [0.15, 0.2) is 18.2 Å². The van der Waals surface area contributed by atoms with E-state index in [4.69, 9.17) is 9.47 Å². The third-order valence-corrected chi connectivity index (χ3v) is 6.80. The van der Waals surface area contributed by atoms with Crippen molar-refractivity contribution in [3.63, 3.8) is 0 Å². The molecule has 0 saturated carbocycles. The maximum atomic E-state index is 5.31. The van der Waals surface area contributed by atoms with Crippen molar-refractivity contribution in [2.75, 3.05) is 14.2 Å². The minimum atomic E-state index is -0.458. The molecule has 2 aromatic rings. The Morgan fingerprint density at radius 2 is 1.25 bits per heavy atom. The number of rotatable bonds is 8. The maximum Gasteiger partial charge on any atom is 0.168 e. The topological polar surface area (TPSA) is 18.5 Å². The van der Waals surface area contributed by atoms with Gasteiger partial charge in [-0.25, -0.2) is 0 Å². The highest BCUT2D eigenvalue weighted by molar-refractivity contribution is 7.73. The van der Waals surface area contributed by atoms with Crippen molar-refractivity contribution in [2.24, 2.45) is 0 Å². The Labute approximate surface area is 147 Å². The molecule has 2 rings (SSSR count). The number of hydrogen-bond donors (Lipinski definition) is 0. The molecule has 0 amide bonds. The van der Waals surface area contributed by atoms with Gasteiger partial charge >= 0.3 is 0 Å². The van der Waals surface area contributed by atoms with E-state index in [0.29, 0.717) is 0 Å². The molecule has 24 heavy (non-hydrogen) atoms. The predicted octanol–water partition coefficient (Wildman–Crippen LogP) is 4.91. The Morgan fingerprint density at radius 3 is 1.62 bits per heavy atom. The van der Waals surface area contributed by atoms with E-state index in [1.807, 2.05) is 0 Å². The molecular formula is C21H28O2P+. The Morgan fingerprint density at radius 1 is 0.792 bits per heavy atom. The summed E-state index contributed by atoms with van der Waals surface area (Å²) in [5.74, 6) is 1.82. The second-order valence-corrected chi connectivity index (χ2v) is 8.39. The average molecular weight is 343 g/mol. The Balaban J connectivity index is 2.40. The van der Waals surface area contributed by atoms with Crippen molar-refractivity contribution < 1.29 is 9.47 Å². The standard InChI is InChI=1S/C21H28O2P/c1-5-6-7-8-17(2)24(20-13-9-18(22-3)10-14-20)21-15-11-19(23-4)12-16-21/h9-16H,5-8H2,1-4H3/q+1. The van der Waals surface area contributed by atoms with Crippen molar-refractivity contribution >= 4 is 23.4 Å². The highest BCUT2D eigenvalue weighted by Crippen LogP contribution is 2.28. The summed E-state index contributed by atoms with van der Waals surface area (Å²) < 4.78 is 10.6. The van der Waals surface area contributed by atoms with Crippen LogP contribution in [0.3, 0.4) is 0 Å². The van der Waals surface area contributed by atoms with Crippen LogP contribution in [0.15, 0.2) is 48.5 Å². The molecule has 0 aliphatic heterocycles. The molecular weight excluding hydrogens is 315 g/mol. The summed E-state index contributed by atoms with van der Waals surface area (Å²) in [5.41, 5.74) is 0. The zero-order valence-electron chi connectivity index (χ0n) is 15.2. The van der Waals surface area contributed by atoms with Gasteiger partial charge in [0.25, 0.3) is 0 Å². The van der Waals surface area contributed by atoms with E-state index in [0.717, 1.165) is 11.5 Å². The van der Waals surface area contributed by atoms with Gasteiger partial charge < -0.3 is 9.47 Å². The van der Waals surface area contributed by atoms with Crippen molar-refractivity contribution in [3.8, 4) is 11.5 Å². The summed E-state index contributed by atoms with van der Waals surface area (Å²) in [6.07, 6.45) is 5.02. The van der Waals surface area contributed by atoms with Crippen molar-refractivity contribution in [2.45, 2.75) is 39.5 Å². The Hall–Kier alpha value is -1.79. The maximum absolute atomic E-state index is 5.31. The van der Waals surface area contributed by atoms with E-state index >= 15 is 0 Å². The molecule has 3 heteroatoms. The molecule has 0 N–H and O–H groups in total. The Kier molecular flexibility index (Phi) is 7.34. The van der Waals surface area contributed by atoms with Crippen LogP contribution in [0.1, 0.15) is 39.5 Å². The Bertz CT molecular complexity index is 608. The third kappa shape index (κ3) is 4.85. The lowest BCUT2D eigenvalue weighted by atomic mass is 10.2. The zero-order valence-corrected chi connectivity index (χ0v) is 16.1. The molecule has 2 aromatic carbocycles. The molecule has 2 nitrogen and oxygen atoms in total. The summed E-state index contributed by atoms with van der Waals surface area (Å²) in [4.78, 5) is 0. The van der Waals surface area contributed by atoms with Crippen LogP contribution in [0, 0.1) is 0 Å². The lowest BCUT2D eigenvalue weighted by Gasteiger charge is -2.05. The quantitative estimate of drug-likeness (QED) is 0.501. The third-order valence-electron chi connectivity index (χ3n) is 4.19. The van der Waals surface area contributed by atoms with Crippen LogP contribution in [0.4, 0.5) is 0 Å². The van der Waals surface area contributed by atoms with Crippen LogP contribution in [-0.4, -0.2) is 19.5 Å². The molecule has 0 heterocycles. The van der Waals surface area contributed by atoms with Crippen molar-refractivity contribution in [3.05, 3.63) is 48.5 Å². The molecule has 0 spiro atoms. The second-order valence-electron chi connectivity index (χ2n) is 5.92. The molecule has 128 valence electrons. The lowest BCUT2D eigenvalue weighted by Crippen LogP contribution is -2.12. The van der Waals surface area contributed by atoms with E-state index < -0.39 is 7.55 Å². The molecule has 0 atom stereocenters. The predicted molar refractivity (Wildman–Crippen MR) is 107 cm³/mol. The van der Waals surface area contributed by atoms with Gasteiger partial charge in [0.05, 0.1) is 14.2 Å². The fraction of sp³-hybridized carbons (Fsp3) is 0.381. The van der Waals surface area contributed by atoms with Gasteiger partial charge in [0.1, 0.15) is 16.8 Å². The average Bonchev–Trinajstić information content (AvgIpc) is 2.63. The van der Waals surface area contributed by atoms with E-state index in [1.165, 1.54) is 36.3 Å². The van der Waals surface area contributed by atoms with Crippen molar-refractivity contribution in [1.82, 2.24) is 0 Å². The molecule has 0 bridgehead atoms. The molecule has 0 aliphatic rings. The number of benzene rings is 2. The normalized spacial score (nSPS) is 10.3. The smallest absolute Gasteiger partial charge is 0.168 e. The molecule has 0 unspecified atom stereocenters. The van der Waals surface area contributed by atoms with Crippen LogP contribution >= 0.6 is 7.55 Å². The minimum Gasteiger partial charge on any atom is -0.497 e. The largest absolute Gasteiger partial charge is 0.497 e. The number of hydrogen-bond acceptors (Lipinski definition) is 2. The molecule has 0 fully saturated rings. The first-order valence-corrected chi connectivity index (χ1v) is 9.94. The van der Waals surface area contributed by atoms with E-state index in [2.05, 4.69) is 62.4 Å². The zero-order chi connectivity index (χ0) is 17.4. The van der Waals surface area contributed by atoms with Crippen LogP contribution in [0.5, 0.6) is 11.5 Å². The monoisotopic (exact) mass is 343 g/mol. The van der Waals surface area contributed by atoms with Crippen LogP contribution in [-0.2, 0) is 0 Å².